The Kier molecular flexibility index (Phi) is 2.92. The van der Waals surface area contributed by atoms with Crippen LogP contribution in [0.1, 0.15) is 5.69 Å². The number of aromatic nitrogens is 2. The monoisotopic (exact) mass is 234 g/mol. The number of nitrogens with two attached hydrogens (primary N) is 1. The van der Waals surface area contributed by atoms with E-state index in [9.17, 15) is 0 Å². The maximum atomic E-state index is 5.89. The third-order valence-electron chi connectivity index (χ3n) is 2.07. The lowest BCUT2D eigenvalue weighted by molar-refractivity contribution is 1.20. The Labute approximate surface area is 98.5 Å². The maximum Gasteiger partial charge on any atom is 0.154 e. The fraction of sp³-hybridized carbons (Fsp3) is 0.0909. The summed E-state index contributed by atoms with van der Waals surface area (Å²) >= 11 is 5.89. The second kappa shape index (κ2) is 4.37. The summed E-state index contributed by atoms with van der Waals surface area (Å²) in [5.74, 6) is 0.718. The summed E-state index contributed by atoms with van der Waals surface area (Å²) < 4.78 is 0. The normalized spacial score (nSPS) is 10.1. The van der Waals surface area contributed by atoms with Crippen LogP contribution in [0.15, 0.2) is 30.5 Å². The van der Waals surface area contributed by atoms with Crippen LogP contribution in [-0.2, 0) is 0 Å². The van der Waals surface area contributed by atoms with Gasteiger partial charge in [-0.15, -0.1) is 0 Å². The van der Waals surface area contributed by atoms with Crippen molar-refractivity contribution >= 4 is 28.8 Å². The third kappa shape index (κ3) is 2.23. The quantitative estimate of drug-likeness (QED) is 0.785. The van der Waals surface area contributed by atoms with E-state index in [2.05, 4.69) is 15.3 Å². The summed E-state index contributed by atoms with van der Waals surface area (Å²) in [6, 6.07) is 7.42. The largest absolute Gasteiger partial charge is 0.395 e. The van der Waals surface area contributed by atoms with Crippen LogP contribution in [0.4, 0.5) is 17.2 Å². The number of nitrogens with zero attached hydrogens (tertiary/aromatic N) is 2. The average Bonchev–Trinajstić information content (AvgIpc) is 2.27. The van der Waals surface area contributed by atoms with Gasteiger partial charge in [0, 0.05) is 11.9 Å². The predicted octanol–water partition coefficient (Wildman–Crippen LogP) is 2.76. The van der Waals surface area contributed by atoms with E-state index in [1.54, 1.807) is 6.20 Å². The molecule has 0 bridgehead atoms. The van der Waals surface area contributed by atoms with Crippen molar-refractivity contribution in [2.45, 2.75) is 6.92 Å². The van der Waals surface area contributed by atoms with E-state index in [4.69, 9.17) is 17.3 Å². The molecule has 0 radical (unpaired) electrons. The molecular formula is C11H11ClN4. The standard InChI is InChI=1S/C11H11ClN4/c1-7-6-8(10(13)11(12)15-7)16-9-4-2-3-5-14-9/h2-6H,13H2,1H3,(H,14,15,16). The summed E-state index contributed by atoms with van der Waals surface area (Å²) in [5.41, 5.74) is 7.77. The van der Waals surface area contributed by atoms with Crippen LogP contribution >= 0.6 is 11.6 Å². The first-order valence-electron chi connectivity index (χ1n) is 4.77. The Morgan fingerprint density at radius 1 is 1.38 bits per heavy atom. The van der Waals surface area contributed by atoms with Gasteiger partial charge in [-0.3, -0.25) is 0 Å². The molecule has 4 nitrogen and oxygen atoms in total. The van der Waals surface area contributed by atoms with E-state index >= 15 is 0 Å². The SMILES string of the molecule is Cc1cc(Nc2ccccn2)c(N)c(Cl)n1. The molecule has 0 aliphatic rings. The lowest BCUT2D eigenvalue weighted by Gasteiger charge is -2.10. The number of hydrogen-bond donors (Lipinski definition) is 2. The number of rotatable bonds is 2. The summed E-state index contributed by atoms with van der Waals surface area (Å²) in [4.78, 5) is 8.20. The van der Waals surface area contributed by atoms with Gasteiger partial charge in [-0.1, -0.05) is 17.7 Å². The number of nitrogen functional groups attached to an aromatic ring is 1. The van der Waals surface area contributed by atoms with Crippen molar-refractivity contribution < 1.29 is 0 Å². The molecule has 0 spiro atoms. The van der Waals surface area contributed by atoms with Crippen LogP contribution in [0.2, 0.25) is 5.15 Å². The molecule has 0 saturated heterocycles. The topological polar surface area (TPSA) is 63.8 Å². The third-order valence-corrected chi connectivity index (χ3v) is 2.36. The molecule has 0 aliphatic carbocycles. The van der Waals surface area contributed by atoms with Gasteiger partial charge in [-0.25, -0.2) is 9.97 Å². The molecular weight excluding hydrogens is 224 g/mol. The van der Waals surface area contributed by atoms with Crippen molar-refractivity contribution in [3.8, 4) is 0 Å². The van der Waals surface area contributed by atoms with Gasteiger partial charge in [0.15, 0.2) is 5.15 Å². The van der Waals surface area contributed by atoms with Crippen molar-refractivity contribution in [2.75, 3.05) is 11.1 Å². The number of aryl methyl sites for hydroxylation is 1. The smallest absolute Gasteiger partial charge is 0.154 e. The van der Waals surface area contributed by atoms with E-state index < -0.39 is 0 Å². The minimum Gasteiger partial charge on any atom is -0.395 e. The van der Waals surface area contributed by atoms with Crippen LogP contribution in [-0.4, -0.2) is 9.97 Å². The van der Waals surface area contributed by atoms with Gasteiger partial charge in [-0.2, -0.15) is 0 Å². The van der Waals surface area contributed by atoms with Gasteiger partial charge in [0.05, 0.1) is 11.4 Å². The molecule has 82 valence electrons. The molecule has 0 aromatic carbocycles. The minimum absolute atomic E-state index is 0.304. The van der Waals surface area contributed by atoms with Gasteiger partial charge in [0.25, 0.3) is 0 Å². The van der Waals surface area contributed by atoms with E-state index in [0.29, 0.717) is 10.8 Å². The number of halogens is 1. The Bertz CT molecular complexity index is 499. The first-order valence-corrected chi connectivity index (χ1v) is 5.15. The molecule has 2 heterocycles. The van der Waals surface area contributed by atoms with E-state index in [-0.39, 0.29) is 0 Å². The highest BCUT2D eigenvalue weighted by Gasteiger charge is 2.06. The lowest BCUT2D eigenvalue weighted by Crippen LogP contribution is -2.00. The Morgan fingerprint density at radius 2 is 2.19 bits per heavy atom. The highest BCUT2D eigenvalue weighted by atomic mass is 35.5. The molecule has 0 aliphatic heterocycles. The Hall–Kier alpha value is -1.81. The molecule has 5 heteroatoms. The highest BCUT2D eigenvalue weighted by molar-refractivity contribution is 6.32. The molecule has 0 amide bonds. The van der Waals surface area contributed by atoms with Gasteiger partial charge in [0.2, 0.25) is 0 Å². The van der Waals surface area contributed by atoms with Crippen molar-refractivity contribution in [2.24, 2.45) is 0 Å². The molecule has 3 N–H and O–H groups in total. The van der Waals surface area contributed by atoms with Gasteiger partial charge < -0.3 is 11.1 Å². The summed E-state index contributed by atoms with van der Waals surface area (Å²) in [5, 5.41) is 3.40. The Balaban J connectivity index is 2.35. The number of pyridine rings is 2. The molecule has 2 rings (SSSR count). The van der Waals surface area contributed by atoms with E-state index in [0.717, 1.165) is 17.2 Å². The average molecular weight is 235 g/mol. The molecule has 0 saturated carbocycles. The first kappa shape index (κ1) is 10.7. The minimum atomic E-state index is 0.304. The van der Waals surface area contributed by atoms with Crippen molar-refractivity contribution in [1.82, 2.24) is 9.97 Å². The lowest BCUT2D eigenvalue weighted by atomic mass is 10.3. The molecule has 0 atom stereocenters. The van der Waals surface area contributed by atoms with Crippen LogP contribution in [0.25, 0.3) is 0 Å². The fourth-order valence-electron chi connectivity index (χ4n) is 1.32. The van der Waals surface area contributed by atoms with Crippen molar-refractivity contribution in [1.29, 1.82) is 0 Å². The molecule has 0 fully saturated rings. The van der Waals surface area contributed by atoms with Crippen LogP contribution < -0.4 is 11.1 Å². The second-order valence-corrected chi connectivity index (χ2v) is 3.71. The molecule has 0 unspecified atom stereocenters. The van der Waals surface area contributed by atoms with Gasteiger partial charge in [-0.05, 0) is 25.1 Å². The Morgan fingerprint density at radius 3 is 2.88 bits per heavy atom. The number of hydrogen-bond acceptors (Lipinski definition) is 4. The predicted molar refractivity (Wildman–Crippen MR) is 65.9 cm³/mol. The second-order valence-electron chi connectivity index (χ2n) is 3.36. The van der Waals surface area contributed by atoms with E-state index in [1.165, 1.54) is 0 Å². The molecule has 2 aromatic heterocycles. The molecule has 2 aromatic rings. The number of nitrogens with one attached hydrogen (secondary N) is 1. The zero-order valence-corrected chi connectivity index (χ0v) is 9.49. The number of anilines is 3. The first-order chi connectivity index (χ1) is 7.66. The maximum absolute atomic E-state index is 5.89. The van der Waals surface area contributed by atoms with Crippen molar-refractivity contribution in [3.63, 3.8) is 0 Å². The fourth-order valence-corrected chi connectivity index (χ4v) is 1.56. The summed E-state index contributed by atoms with van der Waals surface area (Å²) in [7, 11) is 0. The highest BCUT2D eigenvalue weighted by Crippen LogP contribution is 2.28. The van der Waals surface area contributed by atoms with Crippen LogP contribution in [0, 0.1) is 6.92 Å². The van der Waals surface area contributed by atoms with Gasteiger partial charge >= 0.3 is 0 Å². The molecule has 16 heavy (non-hydrogen) atoms. The summed E-state index contributed by atoms with van der Waals surface area (Å²) in [6.45, 7) is 1.86. The van der Waals surface area contributed by atoms with Crippen LogP contribution in [0.5, 0.6) is 0 Å². The zero-order valence-electron chi connectivity index (χ0n) is 8.74. The zero-order chi connectivity index (χ0) is 11.5. The summed E-state index contributed by atoms with van der Waals surface area (Å²) in [6.07, 6.45) is 1.70. The van der Waals surface area contributed by atoms with Crippen molar-refractivity contribution in [3.05, 3.63) is 41.3 Å². The van der Waals surface area contributed by atoms with Gasteiger partial charge in [0.1, 0.15) is 5.82 Å². The van der Waals surface area contributed by atoms with E-state index in [1.807, 2.05) is 31.2 Å². The van der Waals surface area contributed by atoms with Crippen LogP contribution in [0.3, 0.4) is 0 Å².